The molecule has 2 aliphatic carbocycles. The fourth-order valence-electron chi connectivity index (χ4n) is 3.87. The molecule has 3 nitrogen and oxygen atoms in total. The smallest absolute Gasteiger partial charge is 0.305 e. The molecule has 2 rings (SSSR count). The van der Waals surface area contributed by atoms with Crippen LogP contribution in [-0.2, 0) is 9.53 Å². The Morgan fingerprint density at radius 1 is 1.29 bits per heavy atom. The molecule has 0 radical (unpaired) electrons. The number of hydrogen-bond acceptors (Lipinski definition) is 3. The van der Waals surface area contributed by atoms with E-state index < -0.39 is 0 Å². The van der Waals surface area contributed by atoms with Crippen molar-refractivity contribution in [3.63, 3.8) is 0 Å². The summed E-state index contributed by atoms with van der Waals surface area (Å²) in [4.78, 5) is 11.4. The van der Waals surface area contributed by atoms with Crippen molar-refractivity contribution in [2.45, 2.75) is 51.6 Å². The lowest BCUT2D eigenvalue weighted by Crippen LogP contribution is -2.44. The van der Waals surface area contributed by atoms with E-state index in [2.05, 4.69) is 6.92 Å². The van der Waals surface area contributed by atoms with Gasteiger partial charge in [0.1, 0.15) is 0 Å². The monoisotopic (exact) mass is 240 g/mol. The first-order valence-electron chi connectivity index (χ1n) is 6.88. The molecule has 0 heterocycles. The van der Waals surface area contributed by atoms with Gasteiger partial charge in [-0.3, -0.25) is 4.79 Å². The van der Waals surface area contributed by atoms with Crippen molar-refractivity contribution in [2.24, 2.45) is 23.7 Å². The highest BCUT2D eigenvalue weighted by molar-refractivity contribution is 5.69. The minimum atomic E-state index is -0.219. The van der Waals surface area contributed by atoms with Crippen LogP contribution < -0.4 is 0 Å². The number of rotatable bonds is 2. The Hall–Kier alpha value is -0.570. The highest BCUT2D eigenvalue weighted by Crippen LogP contribution is 2.46. The van der Waals surface area contributed by atoms with Gasteiger partial charge in [0.15, 0.2) is 0 Å². The number of aliphatic hydroxyl groups excluding tert-OH is 1. The molecule has 0 aliphatic heterocycles. The summed E-state index contributed by atoms with van der Waals surface area (Å²) in [6, 6.07) is 0. The molecule has 1 N–H and O–H groups in total. The van der Waals surface area contributed by atoms with E-state index in [0.717, 1.165) is 12.8 Å². The predicted octanol–water partition coefficient (Wildman–Crippen LogP) is 2.37. The number of hydrogen-bond donors (Lipinski definition) is 1. The van der Waals surface area contributed by atoms with Crippen molar-refractivity contribution in [3.05, 3.63) is 0 Å². The topological polar surface area (TPSA) is 46.5 Å². The highest BCUT2D eigenvalue weighted by Gasteiger charge is 2.43. The Balaban J connectivity index is 2.06. The van der Waals surface area contributed by atoms with Crippen LogP contribution in [0.2, 0.25) is 0 Å². The van der Waals surface area contributed by atoms with E-state index >= 15 is 0 Å². The summed E-state index contributed by atoms with van der Waals surface area (Å²) in [6.45, 7) is 2.13. The molecule has 0 saturated heterocycles. The summed E-state index contributed by atoms with van der Waals surface area (Å²) in [5, 5.41) is 10.4. The van der Waals surface area contributed by atoms with E-state index in [1.807, 2.05) is 0 Å². The summed E-state index contributed by atoms with van der Waals surface area (Å²) >= 11 is 0. The number of aliphatic hydroxyl groups is 1. The van der Waals surface area contributed by atoms with Crippen LogP contribution in [0.1, 0.15) is 45.4 Å². The SMILES string of the molecule is COC(=O)C[C@H]1CCC[C@H]2CC[C@H](C)[C@H](O)[C@@H]21. The lowest BCUT2D eigenvalue weighted by molar-refractivity contribution is -0.144. The molecular weight excluding hydrogens is 216 g/mol. The third kappa shape index (κ3) is 2.65. The quantitative estimate of drug-likeness (QED) is 0.754. The zero-order chi connectivity index (χ0) is 12.4. The van der Waals surface area contributed by atoms with Gasteiger partial charge in [-0.1, -0.05) is 19.8 Å². The van der Waals surface area contributed by atoms with Crippen LogP contribution in [0.3, 0.4) is 0 Å². The second-order valence-corrected chi connectivity index (χ2v) is 5.85. The van der Waals surface area contributed by atoms with Crippen LogP contribution in [0.25, 0.3) is 0 Å². The maximum atomic E-state index is 11.4. The Kier molecular flexibility index (Phi) is 4.08. The van der Waals surface area contributed by atoms with E-state index in [4.69, 9.17) is 4.74 Å². The van der Waals surface area contributed by atoms with Gasteiger partial charge in [0.2, 0.25) is 0 Å². The summed E-state index contributed by atoms with van der Waals surface area (Å²) < 4.78 is 4.77. The minimum Gasteiger partial charge on any atom is -0.469 e. The van der Waals surface area contributed by atoms with E-state index in [1.165, 1.54) is 26.4 Å². The van der Waals surface area contributed by atoms with Gasteiger partial charge in [0.25, 0.3) is 0 Å². The molecule has 98 valence electrons. The van der Waals surface area contributed by atoms with Gasteiger partial charge in [0.05, 0.1) is 13.2 Å². The zero-order valence-electron chi connectivity index (χ0n) is 10.9. The number of ether oxygens (including phenoxy) is 1. The zero-order valence-corrected chi connectivity index (χ0v) is 10.9. The van der Waals surface area contributed by atoms with Gasteiger partial charge in [-0.2, -0.15) is 0 Å². The first kappa shape index (κ1) is 12.9. The molecule has 0 spiro atoms. The van der Waals surface area contributed by atoms with Crippen molar-refractivity contribution < 1.29 is 14.6 Å². The average molecular weight is 240 g/mol. The molecule has 0 bridgehead atoms. The lowest BCUT2D eigenvalue weighted by Gasteiger charge is -2.46. The lowest BCUT2D eigenvalue weighted by atomic mass is 9.61. The van der Waals surface area contributed by atoms with Gasteiger partial charge in [-0.05, 0) is 42.9 Å². The van der Waals surface area contributed by atoms with E-state index in [9.17, 15) is 9.90 Å². The van der Waals surface area contributed by atoms with Crippen LogP contribution in [0.15, 0.2) is 0 Å². The molecule has 5 atom stereocenters. The van der Waals surface area contributed by atoms with Crippen molar-refractivity contribution in [2.75, 3.05) is 7.11 Å². The number of carbonyl (C=O) groups is 1. The van der Waals surface area contributed by atoms with Crippen molar-refractivity contribution in [3.8, 4) is 0 Å². The maximum Gasteiger partial charge on any atom is 0.305 e. The molecular formula is C14H24O3. The summed E-state index contributed by atoms with van der Waals surface area (Å²) in [7, 11) is 1.45. The minimum absolute atomic E-state index is 0.124. The van der Waals surface area contributed by atoms with E-state index in [1.54, 1.807) is 0 Å². The highest BCUT2D eigenvalue weighted by atomic mass is 16.5. The molecule has 0 amide bonds. The van der Waals surface area contributed by atoms with Crippen molar-refractivity contribution in [1.82, 2.24) is 0 Å². The second-order valence-electron chi connectivity index (χ2n) is 5.85. The maximum absolute atomic E-state index is 11.4. The molecule has 3 heteroatoms. The molecule has 2 aliphatic rings. The molecule has 0 aromatic rings. The standard InChI is InChI=1S/C14H24O3/c1-9-6-7-10-4-3-5-11(8-12(15)17-2)13(10)14(9)16/h9-11,13-14,16H,3-8H2,1-2H3/t9-,10-,11+,13-,14-/m0/s1. The number of carbonyl (C=O) groups excluding carboxylic acids is 1. The van der Waals surface area contributed by atoms with E-state index in [-0.39, 0.29) is 12.1 Å². The largest absolute Gasteiger partial charge is 0.469 e. The van der Waals surface area contributed by atoms with Crippen LogP contribution in [0, 0.1) is 23.7 Å². The number of methoxy groups -OCH3 is 1. The van der Waals surface area contributed by atoms with Gasteiger partial charge >= 0.3 is 5.97 Å². The van der Waals surface area contributed by atoms with Crippen LogP contribution in [0.4, 0.5) is 0 Å². The molecule has 2 fully saturated rings. The normalized spacial score (nSPS) is 41.7. The Morgan fingerprint density at radius 3 is 2.76 bits per heavy atom. The fourth-order valence-corrected chi connectivity index (χ4v) is 3.87. The Morgan fingerprint density at radius 2 is 2.06 bits per heavy atom. The Labute approximate surface area is 104 Å². The number of fused-ring (bicyclic) bond motifs is 1. The van der Waals surface area contributed by atoms with Gasteiger partial charge in [-0.15, -0.1) is 0 Å². The Bertz CT molecular complexity index is 275. The fraction of sp³-hybridized carbons (Fsp3) is 0.929. The molecule has 0 aromatic carbocycles. The van der Waals surface area contributed by atoms with Crippen LogP contribution in [-0.4, -0.2) is 24.3 Å². The summed E-state index contributed by atoms with van der Waals surface area (Å²) in [5.41, 5.74) is 0. The molecule has 2 saturated carbocycles. The molecule has 17 heavy (non-hydrogen) atoms. The predicted molar refractivity (Wildman–Crippen MR) is 65.4 cm³/mol. The van der Waals surface area contributed by atoms with Gasteiger partial charge < -0.3 is 9.84 Å². The van der Waals surface area contributed by atoms with Crippen molar-refractivity contribution in [1.29, 1.82) is 0 Å². The van der Waals surface area contributed by atoms with Crippen LogP contribution >= 0.6 is 0 Å². The average Bonchev–Trinajstić information content (AvgIpc) is 2.34. The molecule has 0 aromatic heterocycles. The molecule has 0 unspecified atom stereocenters. The third-order valence-electron chi connectivity index (χ3n) is 4.87. The number of esters is 1. The van der Waals surface area contributed by atoms with Crippen molar-refractivity contribution >= 4 is 5.97 Å². The third-order valence-corrected chi connectivity index (χ3v) is 4.87. The van der Waals surface area contributed by atoms with Gasteiger partial charge in [0, 0.05) is 6.42 Å². The second kappa shape index (κ2) is 5.38. The van der Waals surface area contributed by atoms with E-state index in [0.29, 0.717) is 30.1 Å². The van der Waals surface area contributed by atoms with Crippen LogP contribution in [0.5, 0.6) is 0 Å². The summed E-state index contributed by atoms with van der Waals surface area (Å²) in [6.07, 6.45) is 6.12. The summed E-state index contributed by atoms with van der Waals surface area (Å²) in [5.74, 6) is 1.55. The first-order valence-corrected chi connectivity index (χ1v) is 6.88. The first-order chi connectivity index (χ1) is 8.13. The van der Waals surface area contributed by atoms with Gasteiger partial charge in [-0.25, -0.2) is 0 Å².